The van der Waals surface area contributed by atoms with Crippen molar-refractivity contribution in [3.63, 3.8) is 0 Å². The van der Waals surface area contributed by atoms with Gasteiger partial charge in [0.15, 0.2) is 0 Å². The summed E-state index contributed by atoms with van der Waals surface area (Å²) in [6.07, 6.45) is 0.277. The third-order valence-electron chi connectivity index (χ3n) is 1.15. The van der Waals surface area contributed by atoms with Gasteiger partial charge < -0.3 is 15.2 Å². The first-order valence-corrected chi connectivity index (χ1v) is 4.40. The van der Waals surface area contributed by atoms with Crippen molar-refractivity contribution < 1.29 is 9.47 Å². The number of hydrogen-bond acceptors (Lipinski definition) is 3. The molecule has 3 heteroatoms. The predicted molar refractivity (Wildman–Crippen MR) is 50.2 cm³/mol. The lowest BCUT2D eigenvalue weighted by Gasteiger charge is -2.18. The average molecular weight is 175 g/mol. The van der Waals surface area contributed by atoms with Crippen LogP contribution in [-0.4, -0.2) is 31.5 Å². The first-order chi connectivity index (χ1) is 5.42. The van der Waals surface area contributed by atoms with Gasteiger partial charge in [0.25, 0.3) is 0 Å². The SMILES string of the molecule is CC(C)OCCOCC(C)(C)N. The van der Waals surface area contributed by atoms with Crippen molar-refractivity contribution in [1.82, 2.24) is 0 Å². The molecule has 0 aliphatic carbocycles. The number of ether oxygens (including phenoxy) is 2. The van der Waals surface area contributed by atoms with Crippen LogP contribution in [0.5, 0.6) is 0 Å². The summed E-state index contributed by atoms with van der Waals surface area (Å²) in [5.74, 6) is 0. The van der Waals surface area contributed by atoms with E-state index in [0.29, 0.717) is 19.8 Å². The van der Waals surface area contributed by atoms with Gasteiger partial charge in [0, 0.05) is 5.54 Å². The molecule has 0 bridgehead atoms. The summed E-state index contributed by atoms with van der Waals surface area (Å²) in [6.45, 7) is 9.74. The first-order valence-electron chi connectivity index (χ1n) is 4.40. The lowest BCUT2D eigenvalue weighted by Crippen LogP contribution is -2.37. The highest BCUT2D eigenvalue weighted by atomic mass is 16.5. The fraction of sp³-hybridized carbons (Fsp3) is 1.00. The van der Waals surface area contributed by atoms with Crippen molar-refractivity contribution in [2.45, 2.75) is 39.3 Å². The average Bonchev–Trinajstić information content (AvgIpc) is 1.83. The van der Waals surface area contributed by atoms with Crippen LogP contribution < -0.4 is 5.73 Å². The Bertz CT molecular complexity index is 108. The highest BCUT2D eigenvalue weighted by Crippen LogP contribution is 1.96. The fourth-order valence-corrected chi connectivity index (χ4v) is 0.678. The summed E-state index contributed by atoms with van der Waals surface area (Å²) >= 11 is 0. The molecule has 0 saturated heterocycles. The van der Waals surface area contributed by atoms with Crippen LogP contribution in [-0.2, 0) is 9.47 Å². The topological polar surface area (TPSA) is 44.5 Å². The molecule has 0 fully saturated rings. The Hall–Kier alpha value is -0.120. The maximum Gasteiger partial charge on any atom is 0.0703 e. The molecular weight excluding hydrogens is 154 g/mol. The van der Waals surface area contributed by atoms with Gasteiger partial charge in [0.1, 0.15) is 0 Å². The zero-order valence-electron chi connectivity index (χ0n) is 8.59. The summed E-state index contributed by atoms with van der Waals surface area (Å²) in [7, 11) is 0. The van der Waals surface area contributed by atoms with Crippen LogP contribution in [0.2, 0.25) is 0 Å². The molecule has 3 nitrogen and oxygen atoms in total. The van der Waals surface area contributed by atoms with E-state index in [-0.39, 0.29) is 11.6 Å². The molecule has 12 heavy (non-hydrogen) atoms. The lowest BCUT2D eigenvalue weighted by atomic mass is 10.1. The van der Waals surface area contributed by atoms with E-state index in [0.717, 1.165) is 0 Å². The summed E-state index contributed by atoms with van der Waals surface area (Å²) in [5.41, 5.74) is 5.47. The predicted octanol–water partition coefficient (Wildman–Crippen LogP) is 1.17. The quantitative estimate of drug-likeness (QED) is 0.616. The molecule has 0 rings (SSSR count). The van der Waals surface area contributed by atoms with Crippen LogP contribution in [0.1, 0.15) is 27.7 Å². The molecular formula is C9H21NO2. The molecule has 0 aromatic carbocycles. The monoisotopic (exact) mass is 175 g/mol. The van der Waals surface area contributed by atoms with E-state index >= 15 is 0 Å². The normalized spacial score (nSPS) is 12.5. The Morgan fingerprint density at radius 3 is 2.25 bits per heavy atom. The van der Waals surface area contributed by atoms with E-state index < -0.39 is 0 Å². The second kappa shape index (κ2) is 5.51. The maximum atomic E-state index is 5.71. The smallest absolute Gasteiger partial charge is 0.0703 e. The number of hydrogen-bond donors (Lipinski definition) is 1. The van der Waals surface area contributed by atoms with E-state index in [2.05, 4.69) is 0 Å². The van der Waals surface area contributed by atoms with Gasteiger partial charge in [-0.2, -0.15) is 0 Å². The Morgan fingerprint density at radius 2 is 1.83 bits per heavy atom. The third kappa shape index (κ3) is 9.88. The Kier molecular flexibility index (Phi) is 5.46. The maximum absolute atomic E-state index is 5.71. The van der Waals surface area contributed by atoms with Gasteiger partial charge in [-0.1, -0.05) is 0 Å². The number of nitrogens with two attached hydrogens (primary N) is 1. The largest absolute Gasteiger partial charge is 0.377 e. The van der Waals surface area contributed by atoms with Crippen molar-refractivity contribution >= 4 is 0 Å². The van der Waals surface area contributed by atoms with Gasteiger partial charge in [0.05, 0.1) is 25.9 Å². The molecule has 0 aromatic rings. The Balaban J connectivity index is 3.12. The second-order valence-electron chi connectivity index (χ2n) is 3.96. The minimum absolute atomic E-state index is 0.238. The van der Waals surface area contributed by atoms with Gasteiger partial charge in [0.2, 0.25) is 0 Å². The molecule has 0 amide bonds. The summed E-state index contributed by atoms with van der Waals surface area (Å²) < 4.78 is 10.6. The van der Waals surface area contributed by atoms with Gasteiger partial charge in [-0.05, 0) is 27.7 Å². The van der Waals surface area contributed by atoms with Crippen LogP contribution >= 0.6 is 0 Å². The van der Waals surface area contributed by atoms with Crippen LogP contribution in [0.25, 0.3) is 0 Å². The summed E-state index contributed by atoms with van der Waals surface area (Å²) in [4.78, 5) is 0. The minimum atomic E-state index is -0.238. The van der Waals surface area contributed by atoms with Crippen molar-refractivity contribution in [3.05, 3.63) is 0 Å². The molecule has 2 N–H and O–H groups in total. The molecule has 0 heterocycles. The van der Waals surface area contributed by atoms with Gasteiger partial charge in [-0.15, -0.1) is 0 Å². The standard InChI is InChI=1S/C9H21NO2/c1-8(2)12-6-5-11-7-9(3,4)10/h8H,5-7,10H2,1-4H3. The molecule has 0 atom stereocenters. The van der Waals surface area contributed by atoms with Gasteiger partial charge in [-0.25, -0.2) is 0 Å². The Labute approximate surface area is 75.2 Å². The fourth-order valence-electron chi connectivity index (χ4n) is 0.678. The molecule has 74 valence electrons. The van der Waals surface area contributed by atoms with Gasteiger partial charge >= 0.3 is 0 Å². The van der Waals surface area contributed by atoms with Crippen molar-refractivity contribution in [2.75, 3.05) is 19.8 Å². The third-order valence-corrected chi connectivity index (χ3v) is 1.15. The van der Waals surface area contributed by atoms with E-state index in [1.165, 1.54) is 0 Å². The zero-order valence-corrected chi connectivity index (χ0v) is 8.59. The zero-order chi connectivity index (χ0) is 9.61. The van der Waals surface area contributed by atoms with E-state index in [1.54, 1.807) is 0 Å². The molecule has 0 radical (unpaired) electrons. The summed E-state index contributed by atoms with van der Waals surface area (Å²) in [6, 6.07) is 0. The van der Waals surface area contributed by atoms with Crippen LogP contribution in [0.4, 0.5) is 0 Å². The van der Waals surface area contributed by atoms with Crippen molar-refractivity contribution in [2.24, 2.45) is 5.73 Å². The Morgan fingerprint density at radius 1 is 1.25 bits per heavy atom. The van der Waals surface area contributed by atoms with E-state index in [1.807, 2.05) is 27.7 Å². The van der Waals surface area contributed by atoms with Crippen LogP contribution in [0.15, 0.2) is 0 Å². The summed E-state index contributed by atoms with van der Waals surface area (Å²) in [5, 5.41) is 0. The first kappa shape index (κ1) is 11.9. The van der Waals surface area contributed by atoms with E-state index in [9.17, 15) is 0 Å². The minimum Gasteiger partial charge on any atom is -0.377 e. The second-order valence-corrected chi connectivity index (χ2v) is 3.96. The molecule has 0 aliphatic rings. The molecule has 0 unspecified atom stereocenters. The molecule has 0 saturated carbocycles. The van der Waals surface area contributed by atoms with E-state index in [4.69, 9.17) is 15.2 Å². The highest BCUT2D eigenvalue weighted by Gasteiger charge is 2.09. The lowest BCUT2D eigenvalue weighted by molar-refractivity contribution is 0.00932. The van der Waals surface area contributed by atoms with Gasteiger partial charge in [-0.3, -0.25) is 0 Å². The number of rotatable bonds is 6. The van der Waals surface area contributed by atoms with Crippen LogP contribution in [0, 0.1) is 0 Å². The highest BCUT2D eigenvalue weighted by molar-refractivity contribution is 4.69. The van der Waals surface area contributed by atoms with Crippen molar-refractivity contribution in [3.8, 4) is 0 Å². The molecule has 0 spiro atoms. The molecule has 0 aliphatic heterocycles. The van der Waals surface area contributed by atoms with Crippen LogP contribution in [0.3, 0.4) is 0 Å². The van der Waals surface area contributed by atoms with Crippen molar-refractivity contribution in [1.29, 1.82) is 0 Å². The molecule has 0 aromatic heterocycles.